The zero-order valence-electron chi connectivity index (χ0n) is 7.40. The first-order valence-corrected chi connectivity index (χ1v) is 4.33. The molecular formula is C8H14N2O3. The highest BCUT2D eigenvalue weighted by molar-refractivity contribution is 5.76. The van der Waals surface area contributed by atoms with Gasteiger partial charge >= 0.3 is 5.97 Å². The van der Waals surface area contributed by atoms with E-state index < -0.39 is 11.9 Å². The standard InChI is InChI=1S/C8H14N2O3/c9-7(11)5-10-3-1-2-6(4-10)8(12)13/h6H,1-5H2,(H2,9,11)(H,12,13)/t6-/m0/s1. The number of aliphatic carboxylic acids is 1. The molecule has 0 aliphatic carbocycles. The average molecular weight is 186 g/mol. The minimum absolute atomic E-state index is 0.170. The number of carbonyl (C=O) groups is 2. The van der Waals surface area contributed by atoms with Crippen LogP contribution in [0.25, 0.3) is 0 Å². The van der Waals surface area contributed by atoms with Gasteiger partial charge in [-0.1, -0.05) is 0 Å². The molecule has 5 nitrogen and oxygen atoms in total. The van der Waals surface area contributed by atoms with Crippen LogP contribution in [0.3, 0.4) is 0 Å². The molecule has 1 atom stereocenters. The van der Waals surface area contributed by atoms with E-state index in [0.717, 1.165) is 13.0 Å². The molecule has 5 heteroatoms. The number of hydrogen-bond acceptors (Lipinski definition) is 3. The molecule has 0 aromatic carbocycles. The maximum absolute atomic E-state index is 10.6. The lowest BCUT2D eigenvalue weighted by atomic mass is 9.98. The number of primary amides is 1. The minimum Gasteiger partial charge on any atom is -0.481 e. The summed E-state index contributed by atoms with van der Waals surface area (Å²) in [7, 11) is 0. The van der Waals surface area contributed by atoms with E-state index >= 15 is 0 Å². The molecule has 1 rings (SSSR count). The van der Waals surface area contributed by atoms with Crippen molar-refractivity contribution in [3.8, 4) is 0 Å². The Labute approximate surface area is 76.5 Å². The normalized spacial score (nSPS) is 24.2. The molecule has 74 valence electrons. The third kappa shape index (κ3) is 3.02. The van der Waals surface area contributed by atoms with Crippen LogP contribution in [0.4, 0.5) is 0 Å². The third-order valence-corrected chi connectivity index (χ3v) is 2.23. The summed E-state index contributed by atoms with van der Waals surface area (Å²) < 4.78 is 0. The van der Waals surface area contributed by atoms with Crippen molar-refractivity contribution in [1.82, 2.24) is 4.90 Å². The number of likely N-dealkylation sites (tertiary alicyclic amines) is 1. The van der Waals surface area contributed by atoms with Crippen LogP contribution >= 0.6 is 0 Å². The van der Waals surface area contributed by atoms with Crippen molar-refractivity contribution in [2.45, 2.75) is 12.8 Å². The number of carbonyl (C=O) groups excluding carboxylic acids is 1. The highest BCUT2D eigenvalue weighted by Gasteiger charge is 2.25. The Balaban J connectivity index is 2.41. The summed E-state index contributed by atoms with van der Waals surface area (Å²) in [5.41, 5.74) is 5.02. The van der Waals surface area contributed by atoms with Crippen molar-refractivity contribution in [1.29, 1.82) is 0 Å². The van der Waals surface area contributed by atoms with Crippen molar-refractivity contribution in [3.63, 3.8) is 0 Å². The fraction of sp³-hybridized carbons (Fsp3) is 0.750. The molecule has 1 saturated heterocycles. The molecule has 1 fully saturated rings. The number of carboxylic acids is 1. The monoisotopic (exact) mass is 186 g/mol. The van der Waals surface area contributed by atoms with Gasteiger partial charge in [-0.05, 0) is 19.4 Å². The van der Waals surface area contributed by atoms with Crippen LogP contribution in [-0.2, 0) is 9.59 Å². The van der Waals surface area contributed by atoms with Crippen LogP contribution in [0.15, 0.2) is 0 Å². The lowest BCUT2D eigenvalue weighted by Crippen LogP contribution is -2.42. The summed E-state index contributed by atoms with van der Waals surface area (Å²) in [6.07, 6.45) is 1.52. The summed E-state index contributed by atoms with van der Waals surface area (Å²) in [5, 5.41) is 8.75. The van der Waals surface area contributed by atoms with Crippen molar-refractivity contribution in [2.24, 2.45) is 11.7 Å². The molecule has 0 radical (unpaired) electrons. The SMILES string of the molecule is NC(=O)CN1CCC[C@H](C(=O)O)C1. The molecule has 0 unspecified atom stereocenters. The zero-order valence-corrected chi connectivity index (χ0v) is 7.40. The smallest absolute Gasteiger partial charge is 0.307 e. The number of nitrogens with two attached hydrogens (primary N) is 1. The molecule has 0 aromatic rings. The maximum atomic E-state index is 10.6. The second-order valence-electron chi connectivity index (χ2n) is 3.38. The van der Waals surface area contributed by atoms with Crippen LogP contribution in [0.5, 0.6) is 0 Å². The van der Waals surface area contributed by atoms with Gasteiger partial charge in [-0.25, -0.2) is 0 Å². The average Bonchev–Trinajstić information content (AvgIpc) is 2.03. The largest absolute Gasteiger partial charge is 0.481 e. The number of nitrogens with zero attached hydrogens (tertiary/aromatic N) is 1. The fourth-order valence-corrected chi connectivity index (χ4v) is 1.62. The summed E-state index contributed by atoms with van der Waals surface area (Å²) >= 11 is 0. The number of carboxylic acid groups (broad SMARTS) is 1. The van der Waals surface area contributed by atoms with Crippen LogP contribution < -0.4 is 5.73 Å². The van der Waals surface area contributed by atoms with E-state index in [1.165, 1.54) is 0 Å². The first kappa shape index (κ1) is 9.98. The van der Waals surface area contributed by atoms with Crippen LogP contribution in [0, 0.1) is 5.92 Å². The van der Waals surface area contributed by atoms with Gasteiger partial charge in [0.05, 0.1) is 12.5 Å². The predicted octanol–water partition coefficient (Wildman–Crippen LogP) is -0.732. The van der Waals surface area contributed by atoms with E-state index in [-0.39, 0.29) is 12.5 Å². The molecule has 0 saturated carbocycles. The van der Waals surface area contributed by atoms with Gasteiger partial charge in [-0.15, -0.1) is 0 Å². The third-order valence-electron chi connectivity index (χ3n) is 2.23. The van der Waals surface area contributed by atoms with Crippen LogP contribution in [0.1, 0.15) is 12.8 Å². The first-order chi connectivity index (χ1) is 6.09. The number of piperidine rings is 1. The van der Waals surface area contributed by atoms with Gasteiger partial charge in [0.15, 0.2) is 0 Å². The lowest BCUT2D eigenvalue weighted by molar-refractivity contribution is -0.144. The predicted molar refractivity (Wildman–Crippen MR) is 46.0 cm³/mol. The quantitative estimate of drug-likeness (QED) is 0.608. The van der Waals surface area contributed by atoms with Crippen molar-refractivity contribution in [2.75, 3.05) is 19.6 Å². The molecule has 1 heterocycles. The second kappa shape index (κ2) is 4.23. The van der Waals surface area contributed by atoms with Gasteiger partial charge in [0, 0.05) is 6.54 Å². The van der Waals surface area contributed by atoms with E-state index in [9.17, 15) is 9.59 Å². The number of rotatable bonds is 3. The Bertz CT molecular complexity index is 217. The van der Waals surface area contributed by atoms with Gasteiger partial charge in [0.2, 0.25) is 5.91 Å². The maximum Gasteiger partial charge on any atom is 0.307 e. The molecule has 0 bridgehead atoms. The summed E-state index contributed by atoms with van der Waals surface area (Å²) in [6.45, 7) is 1.38. The van der Waals surface area contributed by atoms with E-state index in [2.05, 4.69) is 0 Å². The summed E-state index contributed by atoms with van der Waals surface area (Å²) in [6, 6.07) is 0. The fourth-order valence-electron chi connectivity index (χ4n) is 1.62. The van der Waals surface area contributed by atoms with Gasteiger partial charge in [-0.2, -0.15) is 0 Å². The van der Waals surface area contributed by atoms with Crippen LogP contribution in [0.2, 0.25) is 0 Å². The first-order valence-electron chi connectivity index (χ1n) is 4.33. The Kier molecular flexibility index (Phi) is 3.25. The summed E-state index contributed by atoms with van der Waals surface area (Å²) in [4.78, 5) is 23.0. The molecule has 1 aliphatic rings. The van der Waals surface area contributed by atoms with Gasteiger partial charge < -0.3 is 10.8 Å². The molecule has 1 aliphatic heterocycles. The van der Waals surface area contributed by atoms with Crippen molar-refractivity contribution in [3.05, 3.63) is 0 Å². The van der Waals surface area contributed by atoms with E-state index in [1.807, 2.05) is 0 Å². The van der Waals surface area contributed by atoms with Crippen molar-refractivity contribution < 1.29 is 14.7 Å². The summed E-state index contributed by atoms with van der Waals surface area (Å²) in [5.74, 6) is -1.52. The highest BCUT2D eigenvalue weighted by atomic mass is 16.4. The molecule has 3 N–H and O–H groups in total. The molecule has 13 heavy (non-hydrogen) atoms. The molecule has 0 aromatic heterocycles. The van der Waals surface area contributed by atoms with E-state index in [0.29, 0.717) is 13.0 Å². The Morgan fingerprint density at radius 2 is 2.23 bits per heavy atom. The molecule has 0 spiro atoms. The van der Waals surface area contributed by atoms with E-state index in [4.69, 9.17) is 10.8 Å². The van der Waals surface area contributed by atoms with Crippen LogP contribution in [-0.4, -0.2) is 41.5 Å². The topological polar surface area (TPSA) is 83.6 Å². The van der Waals surface area contributed by atoms with E-state index in [1.54, 1.807) is 4.90 Å². The van der Waals surface area contributed by atoms with Crippen molar-refractivity contribution >= 4 is 11.9 Å². The van der Waals surface area contributed by atoms with Gasteiger partial charge in [-0.3, -0.25) is 14.5 Å². The molecular weight excluding hydrogens is 172 g/mol. The Hall–Kier alpha value is -1.10. The number of hydrogen-bond donors (Lipinski definition) is 2. The van der Waals surface area contributed by atoms with Gasteiger partial charge in [0.1, 0.15) is 0 Å². The lowest BCUT2D eigenvalue weighted by Gasteiger charge is -2.29. The zero-order chi connectivity index (χ0) is 9.84. The minimum atomic E-state index is -0.783. The Morgan fingerprint density at radius 3 is 2.77 bits per heavy atom. The number of amides is 1. The Morgan fingerprint density at radius 1 is 1.54 bits per heavy atom. The molecule has 1 amide bonds. The highest BCUT2D eigenvalue weighted by Crippen LogP contribution is 2.15. The van der Waals surface area contributed by atoms with Gasteiger partial charge in [0.25, 0.3) is 0 Å². The second-order valence-corrected chi connectivity index (χ2v) is 3.38.